The molecule has 0 aliphatic rings. The molecule has 5 heteroatoms. The highest BCUT2D eigenvalue weighted by Crippen LogP contribution is 2.25. The van der Waals surface area contributed by atoms with Crippen LogP contribution in [0, 0.1) is 0 Å². The largest absolute Gasteiger partial charge is 0.380 e. The van der Waals surface area contributed by atoms with Crippen molar-refractivity contribution in [3.8, 4) is 0 Å². The fraction of sp³-hybridized carbons (Fsp3) is 0.167. The van der Waals surface area contributed by atoms with Crippen molar-refractivity contribution >= 4 is 28.2 Å². The van der Waals surface area contributed by atoms with Gasteiger partial charge < -0.3 is 5.32 Å². The van der Waals surface area contributed by atoms with Gasteiger partial charge in [-0.3, -0.25) is 14.9 Å². The lowest BCUT2D eigenvalue weighted by Gasteiger charge is -2.17. The van der Waals surface area contributed by atoms with E-state index < -0.39 is 0 Å². The van der Waals surface area contributed by atoms with Crippen LogP contribution in [-0.4, -0.2) is 21.9 Å². The highest BCUT2D eigenvalue weighted by molar-refractivity contribution is 6.31. The van der Waals surface area contributed by atoms with Crippen LogP contribution in [-0.2, 0) is 19.6 Å². The highest BCUT2D eigenvalue weighted by Gasteiger charge is 2.05. The molecule has 0 aliphatic carbocycles. The molecule has 0 saturated carbocycles. The molecule has 0 fully saturated rings. The van der Waals surface area contributed by atoms with E-state index in [4.69, 9.17) is 11.6 Å². The van der Waals surface area contributed by atoms with Gasteiger partial charge in [-0.15, -0.1) is 0 Å². The quantitative estimate of drug-likeness (QED) is 0.441. The van der Waals surface area contributed by atoms with Gasteiger partial charge in [-0.05, 0) is 54.6 Å². The first kappa shape index (κ1) is 19.4. The number of halogens is 1. The van der Waals surface area contributed by atoms with Crippen molar-refractivity contribution in [2.45, 2.75) is 19.6 Å². The van der Waals surface area contributed by atoms with Crippen LogP contribution < -0.4 is 5.32 Å². The number of nitrogens with one attached hydrogen (secondary N) is 1. The van der Waals surface area contributed by atoms with E-state index >= 15 is 0 Å². The Bertz CT molecular complexity index is 1100. The van der Waals surface area contributed by atoms with Crippen LogP contribution in [0.25, 0.3) is 10.9 Å². The van der Waals surface area contributed by atoms with Crippen molar-refractivity contribution < 1.29 is 0 Å². The summed E-state index contributed by atoms with van der Waals surface area (Å²) in [7, 11) is 2.12. The van der Waals surface area contributed by atoms with Crippen LogP contribution >= 0.6 is 11.6 Å². The lowest BCUT2D eigenvalue weighted by atomic mass is 10.1. The zero-order valence-electron chi connectivity index (χ0n) is 16.3. The first-order valence-corrected chi connectivity index (χ1v) is 9.99. The summed E-state index contributed by atoms with van der Waals surface area (Å²) >= 11 is 6.09. The highest BCUT2D eigenvalue weighted by atomic mass is 35.5. The second-order valence-corrected chi connectivity index (χ2v) is 7.62. The molecule has 146 valence electrons. The second-order valence-electron chi connectivity index (χ2n) is 7.19. The molecule has 29 heavy (non-hydrogen) atoms. The van der Waals surface area contributed by atoms with Crippen LogP contribution in [0.1, 0.15) is 16.8 Å². The molecule has 4 nitrogen and oxygen atoms in total. The minimum absolute atomic E-state index is 0.699. The molecule has 0 radical (unpaired) electrons. The van der Waals surface area contributed by atoms with E-state index in [-0.39, 0.29) is 0 Å². The van der Waals surface area contributed by atoms with Crippen molar-refractivity contribution in [3.63, 3.8) is 0 Å². The Morgan fingerprint density at radius 1 is 0.862 bits per heavy atom. The number of benzene rings is 2. The summed E-state index contributed by atoms with van der Waals surface area (Å²) in [6, 6.07) is 22.5. The van der Waals surface area contributed by atoms with Gasteiger partial charge in [-0.25, -0.2) is 0 Å². The smallest absolute Gasteiger partial charge is 0.0737 e. The standard InChI is InChI=1S/C24H23ClN4/c1-29(17-21-7-2-3-11-26-21)16-19-6-4-5-18(13-19)15-28-23-10-12-27-24-14-20(25)8-9-22(23)24/h2-14H,15-17H2,1H3,(H,27,28). The van der Waals surface area contributed by atoms with Crippen molar-refractivity contribution in [2.75, 3.05) is 12.4 Å². The summed E-state index contributed by atoms with van der Waals surface area (Å²) in [4.78, 5) is 11.1. The number of pyridine rings is 2. The van der Waals surface area contributed by atoms with E-state index in [1.54, 1.807) is 0 Å². The fourth-order valence-corrected chi connectivity index (χ4v) is 3.61. The van der Waals surface area contributed by atoms with Gasteiger partial charge >= 0.3 is 0 Å². The third-order valence-corrected chi connectivity index (χ3v) is 5.02. The average Bonchev–Trinajstić information content (AvgIpc) is 2.73. The summed E-state index contributed by atoms with van der Waals surface area (Å²) < 4.78 is 0. The lowest BCUT2D eigenvalue weighted by Crippen LogP contribution is -2.18. The zero-order valence-corrected chi connectivity index (χ0v) is 17.1. The first-order chi connectivity index (χ1) is 14.2. The number of aromatic nitrogens is 2. The van der Waals surface area contributed by atoms with Gasteiger partial charge in [0.2, 0.25) is 0 Å². The van der Waals surface area contributed by atoms with E-state index in [0.29, 0.717) is 5.02 Å². The molecule has 0 atom stereocenters. The van der Waals surface area contributed by atoms with Crippen LogP contribution in [0.15, 0.2) is 79.1 Å². The molecule has 1 N–H and O–H groups in total. The topological polar surface area (TPSA) is 41.0 Å². The minimum atomic E-state index is 0.699. The van der Waals surface area contributed by atoms with Gasteiger partial charge in [0, 0.05) is 48.1 Å². The number of rotatable bonds is 7. The first-order valence-electron chi connectivity index (χ1n) is 9.62. The third-order valence-electron chi connectivity index (χ3n) is 4.79. The molecule has 0 saturated heterocycles. The normalized spacial score (nSPS) is 11.1. The minimum Gasteiger partial charge on any atom is -0.380 e. The van der Waals surface area contributed by atoms with Crippen LogP contribution in [0.5, 0.6) is 0 Å². The van der Waals surface area contributed by atoms with Crippen LogP contribution in [0.2, 0.25) is 5.02 Å². The molecular formula is C24H23ClN4. The van der Waals surface area contributed by atoms with E-state index in [2.05, 4.69) is 57.6 Å². The Morgan fingerprint density at radius 2 is 1.76 bits per heavy atom. The zero-order chi connectivity index (χ0) is 20.1. The molecule has 0 bridgehead atoms. The maximum atomic E-state index is 6.09. The predicted molar refractivity (Wildman–Crippen MR) is 120 cm³/mol. The van der Waals surface area contributed by atoms with Crippen molar-refractivity contribution in [3.05, 3.63) is 101 Å². The summed E-state index contributed by atoms with van der Waals surface area (Å²) in [5, 5.41) is 5.31. The molecule has 0 spiro atoms. The average molecular weight is 403 g/mol. The van der Waals surface area contributed by atoms with Crippen molar-refractivity contribution in [2.24, 2.45) is 0 Å². The molecule has 2 aromatic carbocycles. The van der Waals surface area contributed by atoms with Gasteiger partial charge in [-0.1, -0.05) is 41.9 Å². The van der Waals surface area contributed by atoms with Gasteiger partial charge in [0.1, 0.15) is 0 Å². The Balaban J connectivity index is 1.42. The van der Waals surface area contributed by atoms with Gasteiger partial charge in [-0.2, -0.15) is 0 Å². The number of hydrogen-bond donors (Lipinski definition) is 1. The molecular weight excluding hydrogens is 380 g/mol. The Morgan fingerprint density at radius 3 is 2.62 bits per heavy atom. The third kappa shape index (κ3) is 5.11. The Labute approximate surface area is 176 Å². The molecule has 2 aromatic heterocycles. The van der Waals surface area contributed by atoms with E-state index in [0.717, 1.165) is 41.9 Å². The lowest BCUT2D eigenvalue weighted by molar-refractivity contribution is 0.315. The molecule has 2 heterocycles. The van der Waals surface area contributed by atoms with Crippen LogP contribution in [0.3, 0.4) is 0 Å². The maximum Gasteiger partial charge on any atom is 0.0737 e. The summed E-state index contributed by atoms with van der Waals surface area (Å²) in [6.45, 7) is 2.45. The molecule has 0 unspecified atom stereocenters. The Kier molecular flexibility index (Phi) is 6.03. The fourth-order valence-electron chi connectivity index (χ4n) is 3.45. The second kappa shape index (κ2) is 9.03. The number of anilines is 1. The molecule has 0 aliphatic heterocycles. The monoisotopic (exact) mass is 402 g/mol. The van der Waals surface area contributed by atoms with Gasteiger partial charge in [0.15, 0.2) is 0 Å². The maximum absolute atomic E-state index is 6.09. The molecule has 4 aromatic rings. The SMILES string of the molecule is CN(Cc1cccc(CNc2ccnc3cc(Cl)ccc23)c1)Cc1ccccn1. The molecule has 0 amide bonds. The predicted octanol–water partition coefficient (Wildman–Crippen LogP) is 5.53. The van der Waals surface area contributed by atoms with Crippen molar-refractivity contribution in [1.29, 1.82) is 0 Å². The number of hydrogen-bond acceptors (Lipinski definition) is 4. The van der Waals surface area contributed by atoms with E-state index in [1.165, 1.54) is 11.1 Å². The number of fused-ring (bicyclic) bond motifs is 1. The summed E-state index contributed by atoms with van der Waals surface area (Å²) in [6.07, 6.45) is 3.65. The van der Waals surface area contributed by atoms with Gasteiger partial charge in [0.05, 0.1) is 11.2 Å². The summed E-state index contributed by atoms with van der Waals surface area (Å²) in [5.74, 6) is 0. The van der Waals surface area contributed by atoms with E-state index in [1.807, 2.05) is 48.8 Å². The van der Waals surface area contributed by atoms with Crippen molar-refractivity contribution in [1.82, 2.24) is 14.9 Å². The van der Waals surface area contributed by atoms with E-state index in [9.17, 15) is 0 Å². The van der Waals surface area contributed by atoms with Gasteiger partial charge in [0.25, 0.3) is 0 Å². The Hall–Kier alpha value is -2.95. The summed E-state index contributed by atoms with van der Waals surface area (Å²) in [5.41, 5.74) is 5.57. The molecule has 4 rings (SSSR count). The number of nitrogens with zero attached hydrogens (tertiary/aromatic N) is 3. The van der Waals surface area contributed by atoms with Crippen LogP contribution in [0.4, 0.5) is 5.69 Å².